The molecule has 1 saturated heterocycles. The molecule has 1 N–H and O–H groups in total. The van der Waals surface area contributed by atoms with Crippen LogP contribution < -0.4 is 9.64 Å². The van der Waals surface area contributed by atoms with Gasteiger partial charge in [-0.1, -0.05) is 43.7 Å². The zero-order valence-corrected chi connectivity index (χ0v) is 21.7. The SMILES string of the molecule is CCN(C)[C@]1(c2ccccc2)CC[C@]2(CC1)CN(c1cnc(C#N)nc1OC)C(O)N2CC1CCC1. The number of rotatable bonds is 7. The molecular formula is C28H38N6O2. The Morgan fingerprint density at radius 3 is 2.50 bits per heavy atom. The van der Waals surface area contributed by atoms with E-state index >= 15 is 0 Å². The highest BCUT2D eigenvalue weighted by molar-refractivity contribution is 5.56. The number of aromatic nitrogens is 2. The fourth-order valence-electron chi connectivity index (χ4n) is 6.63. The molecule has 3 fully saturated rings. The minimum absolute atomic E-state index is 0.00296. The van der Waals surface area contributed by atoms with Crippen molar-refractivity contribution in [2.75, 3.05) is 38.7 Å². The van der Waals surface area contributed by atoms with Crippen molar-refractivity contribution in [3.8, 4) is 11.9 Å². The Morgan fingerprint density at radius 2 is 1.92 bits per heavy atom. The third kappa shape index (κ3) is 4.13. The quantitative estimate of drug-likeness (QED) is 0.628. The van der Waals surface area contributed by atoms with Crippen molar-refractivity contribution in [2.45, 2.75) is 69.3 Å². The predicted octanol–water partition coefficient (Wildman–Crippen LogP) is 3.71. The van der Waals surface area contributed by atoms with Crippen molar-refractivity contribution in [2.24, 2.45) is 5.92 Å². The maximum absolute atomic E-state index is 11.7. The number of ether oxygens (including phenoxy) is 1. The second kappa shape index (κ2) is 9.97. The van der Waals surface area contributed by atoms with Crippen LogP contribution in [0.3, 0.4) is 0 Å². The fraction of sp³-hybridized carbons (Fsp3) is 0.607. The van der Waals surface area contributed by atoms with Crippen molar-refractivity contribution in [1.82, 2.24) is 19.8 Å². The number of aliphatic hydroxyl groups is 1. The van der Waals surface area contributed by atoms with Gasteiger partial charge in [0.1, 0.15) is 11.8 Å². The number of hydrogen-bond acceptors (Lipinski definition) is 8. The molecule has 1 aromatic carbocycles. The van der Waals surface area contributed by atoms with Crippen LogP contribution in [0.25, 0.3) is 0 Å². The third-order valence-corrected chi connectivity index (χ3v) is 9.17. The van der Waals surface area contributed by atoms with Gasteiger partial charge in [0.15, 0.2) is 6.35 Å². The summed E-state index contributed by atoms with van der Waals surface area (Å²) in [5, 5.41) is 20.9. The minimum atomic E-state index is -0.774. The molecule has 192 valence electrons. The summed E-state index contributed by atoms with van der Waals surface area (Å²) in [5.74, 6) is 1.04. The van der Waals surface area contributed by atoms with Crippen LogP contribution in [0.2, 0.25) is 0 Å². The van der Waals surface area contributed by atoms with E-state index in [1.165, 1.54) is 24.8 Å². The van der Waals surface area contributed by atoms with Crippen LogP contribution in [0.4, 0.5) is 5.69 Å². The lowest BCUT2D eigenvalue weighted by Gasteiger charge is -2.52. The van der Waals surface area contributed by atoms with E-state index in [-0.39, 0.29) is 16.9 Å². The van der Waals surface area contributed by atoms with Gasteiger partial charge in [-0.05, 0) is 63.6 Å². The lowest BCUT2D eigenvalue weighted by Crippen LogP contribution is -2.57. The van der Waals surface area contributed by atoms with Gasteiger partial charge in [-0.15, -0.1) is 0 Å². The van der Waals surface area contributed by atoms with E-state index in [2.05, 4.69) is 64.1 Å². The average molecular weight is 491 g/mol. The molecule has 2 aliphatic carbocycles. The van der Waals surface area contributed by atoms with E-state index in [9.17, 15) is 10.4 Å². The molecule has 1 spiro atoms. The van der Waals surface area contributed by atoms with Crippen LogP contribution in [0.1, 0.15) is 63.3 Å². The Labute approximate surface area is 214 Å². The van der Waals surface area contributed by atoms with Crippen molar-refractivity contribution in [1.29, 1.82) is 5.26 Å². The molecular weight excluding hydrogens is 452 g/mol. The Balaban J connectivity index is 1.48. The highest BCUT2D eigenvalue weighted by atomic mass is 16.5. The summed E-state index contributed by atoms with van der Waals surface area (Å²) < 4.78 is 5.53. The molecule has 36 heavy (non-hydrogen) atoms. The van der Waals surface area contributed by atoms with Gasteiger partial charge in [-0.2, -0.15) is 10.2 Å². The zero-order valence-electron chi connectivity index (χ0n) is 21.7. The van der Waals surface area contributed by atoms with Crippen LogP contribution in [0.5, 0.6) is 5.88 Å². The monoisotopic (exact) mass is 490 g/mol. The topological polar surface area (TPSA) is 88.8 Å². The Hall–Kier alpha value is -2.73. The van der Waals surface area contributed by atoms with Gasteiger partial charge in [0.25, 0.3) is 0 Å². The first-order chi connectivity index (χ1) is 17.5. The van der Waals surface area contributed by atoms with Crippen LogP contribution >= 0.6 is 0 Å². The highest BCUT2D eigenvalue weighted by Crippen LogP contribution is 2.51. The Kier molecular flexibility index (Phi) is 6.90. The summed E-state index contributed by atoms with van der Waals surface area (Å²) in [4.78, 5) is 15.3. The van der Waals surface area contributed by atoms with E-state index in [0.717, 1.165) is 38.8 Å². The number of benzene rings is 1. The van der Waals surface area contributed by atoms with Gasteiger partial charge in [-0.25, -0.2) is 4.98 Å². The molecule has 1 aliphatic heterocycles. The average Bonchev–Trinajstić information content (AvgIpc) is 3.16. The number of methoxy groups -OCH3 is 1. The summed E-state index contributed by atoms with van der Waals surface area (Å²) in [6.45, 7) is 4.81. The first-order valence-corrected chi connectivity index (χ1v) is 13.3. The van der Waals surface area contributed by atoms with E-state index in [4.69, 9.17) is 4.74 Å². The van der Waals surface area contributed by atoms with Gasteiger partial charge in [0.2, 0.25) is 11.7 Å². The number of hydrogen-bond donors (Lipinski definition) is 1. The van der Waals surface area contributed by atoms with Gasteiger partial charge in [-0.3, -0.25) is 9.80 Å². The van der Waals surface area contributed by atoms with E-state index in [1.807, 2.05) is 11.0 Å². The van der Waals surface area contributed by atoms with Crippen molar-refractivity contribution in [3.63, 3.8) is 0 Å². The number of anilines is 1. The van der Waals surface area contributed by atoms with Crippen molar-refractivity contribution in [3.05, 3.63) is 47.9 Å². The van der Waals surface area contributed by atoms with Crippen LogP contribution in [0.15, 0.2) is 36.5 Å². The molecule has 1 atom stereocenters. The molecule has 1 unspecified atom stereocenters. The predicted molar refractivity (Wildman–Crippen MR) is 138 cm³/mol. The number of nitriles is 1. The van der Waals surface area contributed by atoms with Gasteiger partial charge in [0.05, 0.1) is 13.3 Å². The molecule has 3 aliphatic rings. The smallest absolute Gasteiger partial charge is 0.241 e. The largest absolute Gasteiger partial charge is 0.479 e. The van der Waals surface area contributed by atoms with Crippen LogP contribution in [-0.2, 0) is 5.54 Å². The molecule has 8 heteroatoms. The number of aliphatic hydroxyl groups excluding tert-OH is 1. The van der Waals surface area contributed by atoms with E-state index in [0.29, 0.717) is 24.0 Å². The highest BCUT2D eigenvalue weighted by Gasteiger charge is 2.55. The zero-order chi connectivity index (χ0) is 25.3. The van der Waals surface area contributed by atoms with Gasteiger partial charge >= 0.3 is 0 Å². The molecule has 2 saturated carbocycles. The molecule has 5 rings (SSSR count). The summed E-state index contributed by atoms with van der Waals surface area (Å²) in [6.07, 6.45) is 8.64. The van der Waals surface area contributed by atoms with Crippen LogP contribution in [-0.4, -0.2) is 70.6 Å². The maximum Gasteiger partial charge on any atom is 0.241 e. The van der Waals surface area contributed by atoms with E-state index in [1.54, 1.807) is 13.3 Å². The molecule has 0 radical (unpaired) electrons. The molecule has 8 nitrogen and oxygen atoms in total. The summed E-state index contributed by atoms with van der Waals surface area (Å²) in [7, 11) is 3.79. The maximum atomic E-state index is 11.7. The summed E-state index contributed by atoms with van der Waals surface area (Å²) >= 11 is 0. The Bertz CT molecular complexity index is 1090. The number of nitrogens with zero attached hydrogens (tertiary/aromatic N) is 6. The second-order valence-corrected chi connectivity index (χ2v) is 10.8. The second-order valence-electron chi connectivity index (χ2n) is 10.8. The molecule has 0 bridgehead atoms. The minimum Gasteiger partial charge on any atom is -0.479 e. The van der Waals surface area contributed by atoms with Crippen molar-refractivity contribution < 1.29 is 9.84 Å². The summed E-state index contributed by atoms with van der Waals surface area (Å²) in [5.41, 5.74) is 1.88. The Morgan fingerprint density at radius 1 is 1.19 bits per heavy atom. The lowest BCUT2D eigenvalue weighted by atomic mass is 9.68. The first-order valence-electron chi connectivity index (χ1n) is 13.3. The normalized spacial score (nSPS) is 28.9. The first kappa shape index (κ1) is 24.9. The summed E-state index contributed by atoms with van der Waals surface area (Å²) in [6, 6.07) is 12.9. The van der Waals surface area contributed by atoms with Gasteiger partial charge < -0.3 is 14.7 Å². The molecule has 1 aromatic heterocycles. The lowest BCUT2D eigenvalue weighted by molar-refractivity contribution is -0.0682. The molecule has 2 heterocycles. The fourth-order valence-corrected chi connectivity index (χ4v) is 6.63. The van der Waals surface area contributed by atoms with Gasteiger partial charge in [0, 0.05) is 24.2 Å². The third-order valence-electron chi connectivity index (χ3n) is 9.17. The van der Waals surface area contributed by atoms with Crippen molar-refractivity contribution >= 4 is 5.69 Å². The van der Waals surface area contributed by atoms with Crippen LogP contribution in [0, 0.1) is 17.2 Å². The van der Waals surface area contributed by atoms with E-state index < -0.39 is 6.35 Å². The standard InChI is InChI=1S/C28H38N6O2/c1-4-32(2)28(22-11-6-5-7-12-22)15-13-27(14-16-28)20-33(26(35)34(27)19-21-9-8-10-21)23-18-30-24(17-29)31-25(23)36-3/h5-7,11-12,18,21,26,35H,4,8-10,13-16,19-20H2,1-3H3/t26?,27-,28+. The molecule has 2 aromatic rings. The molecule has 0 amide bonds.